The highest BCUT2D eigenvalue weighted by atomic mass is 32.2. The Kier molecular flexibility index (Phi) is 3.65. The number of nitrogens with zero attached hydrogens (tertiary/aromatic N) is 1. The van der Waals surface area contributed by atoms with E-state index in [1.54, 1.807) is 6.20 Å². The fourth-order valence-corrected chi connectivity index (χ4v) is 2.14. The van der Waals surface area contributed by atoms with Crippen LogP contribution in [0.4, 0.5) is 0 Å². The van der Waals surface area contributed by atoms with Crippen LogP contribution in [0.5, 0.6) is 0 Å². The van der Waals surface area contributed by atoms with Crippen LogP contribution in [0.25, 0.3) is 0 Å². The van der Waals surface area contributed by atoms with E-state index in [4.69, 9.17) is 4.42 Å². The minimum absolute atomic E-state index is 0.0879. The van der Waals surface area contributed by atoms with Crippen LogP contribution in [0.1, 0.15) is 12.7 Å². The number of aromatic nitrogens is 1. The van der Waals surface area contributed by atoms with Crippen molar-refractivity contribution in [2.45, 2.75) is 19.5 Å². The molecule has 0 aliphatic heterocycles. The van der Waals surface area contributed by atoms with Crippen LogP contribution in [0, 0.1) is 0 Å². The van der Waals surface area contributed by atoms with Crippen LogP contribution < -0.4 is 5.32 Å². The highest BCUT2D eigenvalue weighted by Crippen LogP contribution is 1.97. The van der Waals surface area contributed by atoms with Gasteiger partial charge in [0.05, 0.1) is 18.5 Å². The van der Waals surface area contributed by atoms with Gasteiger partial charge in [-0.25, -0.2) is 13.4 Å². The number of oxazole rings is 1. The van der Waals surface area contributed by atoms with Crippen molar-refractivity contribution in [3.63, 3.8) is 0 Å². The van der Waals surface area contributed by atoms with Crippen molar-refractivity contribution in [3.05, 3.63) is 18.4 Å². The summed E-state index contributed by atoms with van der Waals surface area (Å²) in [5, 5.41) is 3.03. The van der Waals surface area contributed by atoms with Gasteiger partial charge in [0.25, 0.3) is 0 Å². The van der Waals surface area contributed by atoms with E-state index in [0.29, 0.717) is 12.3 Å². The molecule has 0 amide bonds. The van der Waals surface area contributed by atoms with E-state index in [2.05, 4.69) is 10.3 Å². The summed E-state index contributed by atoms with van der Waals surface area (Å²) in [6.45, 7) is 2.31. The van der Waals surface area contributed by atoms with Gasteiger partial charge in [-0.15, -0.1) is 0 Å². The molecule has 1 aromatic rings. The molecule has 5 nitrogen and oxygen atoms in total. The molecule has 6 heteroatoms. The summed E-state index contributed by atoms with van der Waals surface area (Å²) in [5.41, 5.74) is 0. The summed E-state index contributed by atoms with van der Waals surface area (Å²) in [4.78, 5) is 3.75. The smallest absolute Gasteiger partial charge is 0.180 e. The highest BCUT2D eigenvalue weighted by Gasteiger charge is 2.10. The first kappa shape index (κ1) is 11.2. The SMILES string of the molecule is CC(CS(C)(=O)=O)NCc1cnco1. The Hall–Kier alpha value is -0.880. The Balaban J connectivity index is 2.32. The molecule has 0 radical (unpaired) electrons. The maximum Gasteiger partial charge on any atom is 0.180 e. The summed E-state index contributed by atoms with van der Waals surface area (Å²) in [7, 11) is -2.92. The Morgan fingerprint density at radius 2 is 2.36 bits per heavy atom. The predicted octanol–water partition coefficient (Wildman–Crippen LogP) is 0.197. The summed E-state index contributed by atoms with van der Waals surface area (Å²) in [5.74, 6) is 0.826. The van der Waals surface area contributed by atoms with Gasteiger partial charge in [0, 0.05) is 12.3 Å². The van der Waals surface area contributed by atoms with Crippen LogP contribution >= 0.6 is 0 Å². The molecular weight excluding hydrogens is 204 g/mol. The first-order valence-corrected chi connectivity index (χ1v) is 6.32. The van der Waals surface area contributed by atoms with E-state index in [1.165, 1.54) is 12.6 Å². The standard InChI is InChI=1S/C8H14N2O3S/c1-7(5-14(2,11)12)10-4-8-3-9-6-13-8/h3,6-7,10H,4-5H2,1-2H3. The second-order valence-electron chi connectivity index (χ2n) is 3.34. The molecule has 0 bridgehead atoms. The highest BCUT2D eigenvalue weighted by molar-refractivity contribution is 7.90. The zero-order valence-corrected chi connectivity index (χ0v) is 9.04. The molecule has 1 aromatic heterocycles. The van der Waals surface area contributed by atoms with E-state index >= 15 is 0 Å². The first-order chi connectivity index (χ1) is 6.47. The largest absolute Gasteiger partial charge is 0.447 e. The summed E-state index contributed by atoms with van der Waals surface area (Å²) < 4.78 is 26.8. The number of nitrogens with one attached hydrogen (secondary N) is 1. The van der Waals surface area contributed by atoms with Crippen LogP contribution in [0.15, 0.2) is 17.0 Å². The van der Waals surface area contributed by atoms with Crippen molar-refractivity contribution < 1.29 is 12.8 Å². The average molecular weight is 218 g/mol. The average Bonchev–Trinajstić information content (AvgIpc) is 2.49. The zero-order valence-electron chi connectivity index (χ0n) is 8.23. The molecule has 0 saturated heterocycles. The molecule has 14 heavy (non-hydrogen) atoms. The van der Waals surface area contributed by atoms with Crippen molar-refractivity contribution in [3.8, 4) is 0 Å². The van der Waals surface area contributed by atoms with Crippen LogP contribution in [-0.2, 0) is 16.4 Å². The molecule has 1 atom stereocenters. The second kappa shape index (κ2) is 4.56. The quantitative estimate of drug-likeness (QED) is 0.764. The molecule has 1 heterocycles. The van der Waals surface area contributed by atoms with E-state index in [0.717, 1.165) is 0 Å². The molecule has 0 aliphatic carbocycles. The third-order valence-electron chi connectivity index (χ3n) is 1.66. The normalized spacial score (nSPS) is 14.1. The van der Waals surface area contributed by atoms with Gasteiger partial charge >= 0.3 is 0 Å². The van der Waals surface area contributed by atoms with Gasteiger partial charge in [0.15, 0.2) is 6.39 Å². The first-order valence-electron chi connectivity index (χ1n) is 4.26. The van der Waals surface area contributed by atoms with E-state index in [1.807, 2.05) is 6.92 Å². The lowest BCUT2D eigenvalue weighted by Crippen LogP contribution is -2.32. The second-order valence-corrected chi connectivity index (χ2v) is 5.53. The van der Waals surface area contributed by atoms with Crippen LogP contribution in [-0.4, -0.2) is 31.5 Å². The third-order valence-corrected chi connectivity index (χ3v) is 2.77. The third kappa shape index (κ3) is 4.38. The van der Waals surface area contributed by atoms with Gasteiger partial charge < -0.3 is 9.73 Å². The van der Waals surface area contributed by atoms with E-state index in [9.17, 15) is 8.42 Å². The lowest BCUT2D eigenvalue weighted by Gasteiger charge is -2.10. The Morgan fingerprint density at radius 1 is 1.64 bits per heavy atom. The van der Waals surface area contributed by atoms with Crippen LogP contribution in [0.2, 0.25) is 0 Å². The molecule has 1 unspecified atom stereocenters. The molecule has 0 aromatic carbocycles. The minimum Gasteiger partial charge on any atom is -0.447 e. The summed E-state index contributed by atoms with van der Waals surface area (Å²) in [6, 6.07) is -0.0879. The van der Waals surface area contributed by atoms with Crippen molar-refractivity contribution in [2.24, 2.45) is 0 Å². The van der Waals surface area contributed by atoms with Crippen molar-refractivity contribution in [1.82, 2.24) is 10.3 Å². The molecule has 0 aliphatic rings. The number of hydrogen-bond donors (Lipinski definition) is 1. The van der Waals surface area contributed by atoms with Gasteiger partial charge in [0.2, 0.25) is 0 Å². The molecule has 1 N–H and O–H groups in total. The topological polar surface area (TPSA) is 72.2 Å². The summed E-state index contributed by atoms with van der Waals surface area (Å²) in [6.07, 6.45) is 4.16. The Bertz CT molecular complexity index is 358. The molecule has 1 rings (SSSR count). The number of rotatable bonds is 5. The lowest BCUT2D eigenvalue weighted by molar-refractivity contribution is 0.461. The Labute approximate surface area is 83.4 Å². The van der Waals surface area contributed by atoms with Crippen molar-refractivity contribution >= 4 is 9.84 Å². The number of sulfone groups is 1. The fourth-order valence-electron chi connectivity index (χ4n) is 1.12. The van der Waals surface area contributed by atoms with Gasteiger partial charge in [-0.05, 0) is 6.92 Å². The van der Waals surface area contributed by atoms with Gasteiger partial charge in [-0.1, -0.05) is 0 Å². The molecular formula is C8H14N2O3S. The molecule has 0 saturated carbocycles. The van der Waals surface area contributed by atoms with Crippen LogP contribution in [0.3, 0.4) is 0 Å². The van der Waals surface area contributed by atoms with E-state index < -0.39 is 9.84 Å². The summed E-state index contributed by atoms with van der Waals surface area (Å²) >= 11 is 0. The molecule has 0 fully saturated rings. The van der Waals surface area contributed by atoms with Gasteiger partial charge in [0.1, 0.15) is 15.6 Å². The molecule has 80 valence electrons. The maximum absolute atomic E-state index is 10.9. The Morgan fingerprint density at radius 3 is 2.86 bits per heavy atom. The predicted molar refractivity (Wildman–Crippen MR) is 52.5 cm³/mol. The van der Waals surface area contributed by atoms with Gasteiger partial charge in [-0.3, -0.25) is 0 Å². The van der Waals surface area contributed by atoms with E-state index in [-0.39, 0.29) is 11.8 Å². The number of hydrogen-bond acceptors (Lipinski definition) is 5. The fraction of sp³-hybridized carbons (Fsp3) is 0.625. The lowest BCUT2D eigenvalue weighted by atomic mass is 10.4. The van der Waals surface area contributed by atoms with Gasteiger partial charge in [-0.2, -0.15) is 0 Å². The monoisotopic (exact) mass is 218 g/mol. The minimum atomic E-state index is -2.92. The zero-order chi connectivity index (χ0) is 10.6. The molecule has 0 spiro atoms. The van der Waals surface area contributed by atoms with Crippen molar-refractivity contribution in [2.75, 3.05) is 12.0 Å². The van der Waals surface area contributed by atoms with Crippen molar-refractivity contribution in [1.29, 1.82) is 0 Å². The maximum atomic E-state index is 10.9.